The SMILES string of the molecule is CCNC(=NCc1ccn(C)c1)NCCc1ccc(OCC)c(OCC)c1. The van der Waals surface area contributed by atoms with Crippen LogP contribution in [0.4, 0.5) is 0 Å². The van der Waals surface area contributed by atoms with Gasteiger partial charge in [-0.25, -0.2) is 4.99 Å². The van der Waals surface area contributed by atoms with Crippen molar-refractivity contribution in [3.8, 4) is 11.5 Å². The number of hydrogen-bond acceptors (Lipinski definition) is 3. The zero-order chi connectivity index (χ0) is 19.5. The Labute approximate surface area is 162 Å². The van der Waals surface area contributed by atoms with E-state index < -0.39 is 0 Å². The molecule has 1 aromatic heterocycles. The third-order valence-electron chi connectivity index (χ3n) is 3.97. The lowest BCUT2D eigenvalue weighted by Crippen LogP contribution is -2.38. The number of hydrogen-bond donors (Lipinski definition) is 2. The number of aryl methyl sites for hydroxylation is 1. The summed E-state index contributed by atoms with van der Waals surface area (Å²) in [7, 11) is 2.02. The van der Waals surface area contributed by atoms with E-state index in [2.05, 4.69) is 46.9 Å². The molecule has 0 saturated carbocycles. The number of guanidine groups is 1. The van der Waals surface area contributed by atoms with Gasteiger partial charge >= 0.3 is 0 Å². The maximum Gasteiger partial charge on any atom is 0.191 e. The Morgan fingerprint density at radius 2 is 1.78 bits per heavy atom. The zero-order valence-corrected chi connectivity index (χ0v) is 16.9. The molecule has 0 atom stereocenters. The highest BCUT2D eigenvalue weighted by atomic mass is 16.5. The van der Waals surface area contributed by atoms with Gasteiger partial charge in [0.2, 0.25) is 0 Å². The summed E-state index contributed by atoms with van der Waals surface area (Å²) >= 11 is 0. The molecule has 2 rings (SSSR count). The molecule has 0 unspecified atom stereocenters. The van der Waals surface area contributed by atoms with Gasteiger partial charge in [0.1, 0.15) is 0 Å². The number of benzene rings is 1. The van der Waals surface area contributed by atoms with E-state index in [9.17, 15) is 0 Å². The first-order valence-corrected chi connectivity index (χ1v) is 9.67. The molecule has 0 aliphatic carbocycles. The molecule has 0 radical (unpaired) electrons. The second-order valence-electron chi connectivity index (χ2n) is 6.20. The average molecular weight is 373 g/mol. The Balaban J connectivity index is 1.92. The first-order valence-electron chi connectivity index (χ1n) is 9.67. The van der Waals surface area contributed by atoms with E-state index in [1.807, 2.05) is 37.7 Å². The van der Waals surface area contributed by atoms with Crippen LogP contribution < -0.4 is 20.1 Å². The molecule has 0 aliphatic heterocycles. The molecule has 2 aromatic rings. The molecule has 0 amide bonds. The molecule has 148 valence electrons. The molecule has 0 aliphatic rings. The molecule has 6 heteroatoms. The van der Waals surface area contributed by atoms with Crippen molar-refractivity contribution in [1.29, 1.82) is 0 Å². The molecule has 2 N–H and O–H groups in total. The van der Waals surface area contributed by atoms with Gasteiger partial charge in [-0.2, -0.15) is 0 Å². The van der Waals surface area contributed by atoms with E-state index in [1.54, 1.807) is 0 Å². The van der Waals surface area contributed by atoms with Crippen LogP contribution in [0.3, 0.4) is 0 Å². The fourth-order valence-corrected chi connectivity index (χ4v) is 2.74. The van der Waals surface area contributed by atoms with Crippen molar-refractivity contribution in [2.24, 2.45) is 12.0 Å². The molecule has 1 aromatic carbocycles. The van der Waals surface area contributed by atoms with Crippen molar-refractivity contribution in [3.05, 3.63) is 47.8 Å². The minimum absolute atomic E-state index is 0.624. The van der Waals surface area contributed by atoms with Crippen LogP contribution in [0.5, 0.6) is 11.5 Å². The number of aliphatic imine (C=N–C) groups is 1. The van der Waals surface area contributed by atoms with Crippen LogP contribution in [0.1, 0.15) is 31.9 Å². The first kappa shape index (κ1) is 20.7. The minimum Gasteiger partial charge on any atom is -0.490 e. The number of rotatable bonds is 10. The van der Waals surface area contributed by atoms with Gasteiger partial charge in [-0.1, -0.05) is 6.07 Å². The maximum absolute atomic E-state index is 5.70. The van der Waals surface area contributed by atoms with Crippen LogP contribution in [0.15, 0.2) is 41.7 Å². The normalized spacial score (nSPS) is 11.3. The number of ether oxygens (including phenoxy) is 2. The van der Waals surface area contributed by atoms with Crippen molar-refractivity contribution in [1.82, 2.24) is 15.2 Å². The molecule has 0 fully saturated rings. The van der Waals surface area contributed by atoms with Crippen LogP contribution >= 0.6 is 0 Å². The molecular formula is C21H32N4O2. The molecule has 27 heavy (non-hydrogen) atoms. The average Bonchev–Trinajstić information content (AvgIpc) is 3.07. The lowest BCUT2D eigenvalue weighted by molar-refractivity contribution is 0.287. The van der Waals surface area contributed by atoms with Crippen LogP contribution in [0.25, 0.3) is 0 Å². The van der Waals surface area contributed by atoms with Gasteiger partial charge in [0, 0.05) is 32.5 Å². The van der Waals surface area contributed by atoms with E-state index >= 15 is 0 Å². The third kappa shape index (κ3) is 6.89. The fraction of sp³-hybridized carbons (Fsp3) is 0.476. The molecule has 1 heterocycles. The third-order valence-corrected chi connectivity index (χ3v) is 3.97. The standard InChI is InChI=1S/C21H32N4O2/c1-5-22-21(24-15-18-11-13-25(4)16-18)23-12-10-17-8-9-19(26-6-2)20(14-17)27-7-3/h8-9,11,13-14,16H,5-7,10,12,15H2,1-4H3,(H2,22,23,24). The van der Waals surface area contributed by atoms with E-state index in [1.165, 1.54) is 11.1 Å². The first-order chi connectivity index (χ1) is 13.2. The summed E-state index contributed by atoms with van der Waals surface area (Å²) in [5, 5.41) is 6.69. The summed E-state index contributed by atoms with van der Waals surface area (Å²) in [6, 6.07) is 8.22. The molecule has 0 saturated heterocycles. The molecular weight excluding hydrogens is 340 g/mol. The van der Waals surface area contributed by atoms with Gasteiger partial charge in [-0.05, 0) is 56.5 Å². The van der Waals surface area contributed by atoms with E-state index in [0.29, 0.717) is 19.8 Å². The predicted octanol–water partition coefficient (Wildman–Crippen LogP) is 3.12. The molecule has 6 nitrogen and oxygen atoms in total. The highest BCUT2D eigenvalue weighted by Crippen LogP contribution is 2.28. The van der Waals surface area contributed by atoms with Gasteiger partial charge in [-0.15, -0.1) is 0 Å². The summed E-state index contributed by atoms with van der Waals surface area (Å²) in [5.41, 5.74) is 2.40. The number of aromatic nitrogens is 1. The quantitative estimate of drug-likeness (QED) is 0.497. The summed E-state index contributed by atoms with van der Waals surface area (Å²) in [5.74, 6) is 2.44. The van der Waals surface area contributed by atoms with Crippen molar-refractivity contribution in [2.45, 2.75) is 33.7 Å². The summed E-state index contributed by atoms with van der Waals surface area (Å²) in [6.07, 6.45) is 5.00. The monoisotopic (exact) mass is 372 g/mol. The highest BCUT2D eigenvalue weighted by molar-refractivity contribution is 5.79. The lowest BCUT2D eigenvalue weighted by atomic mass is 10.1. The maximum atomic E-state index is 5.70. The van der Waals surface area contributed by atoms with Crippen LogP contribution in [-0.2, 0) is 20.0 Å². The Bertz CT molecular complexity index is 725. The second-order valence-corrected chi connectivity index (χ2v) is 6.20. The number of nitrogens with zero attached hydrogens (tertiary/aromatic N) is 2. The summed E-state index contributed by atoms with van der Waals surface area (Å²) < 4.78 is 13.4. The van der Waals surface area contributed by atoms with E-state index in [-0.39, 0.29) is 0 Å². The van der Waals surface area contributed by atoms with Crippen LogP contribution in [0.2, 0.25) is 0 Å². The summed E-state index contributed by atoms with van der Waals surface area (Å²) in [4.78, 5) is 4.65. The van der Waals surface area contributed by atoms with Crippen molar-refractivity contribution in [2.75, 3.05) is 26.3 Å². The smallest absolute Gasteiger partial charge is 0.191 e. The second kappa shape index (κ2) is 11.2. The topological polar surface area (TPSA) is 59.8 Å². The Kier molecular flexibility index (Phi) is 8.55. The van der Waals surface area contributed by atoms with Crippen molar-refractivity contribution < 1.29 is 9.47 Å². The lowest BCUT2D eigenvalue weighted by Gasteiger charge is -2.14. The zero-order valence-electron chi connectivity index (χ0n) is 16.9. The van der Waals surface area contributed by atoms with Gasteiger partial charge in [0.15, 0.2) is 17.5 Å². The van der Waals surface area contributed by atoms with E-state index in [0.717, 1.165) is 37.0 Å². The van der Waals surface area contributed by atoms with Crippen LogP contribution in [0, 0.1) is 0 Å². The van der Waals surface area contributed by atoms with Gasteiger partial charge in [-0.3, -0.25) is 0 Å². The Hall–Kier alpha value is -2.63. The van der Waals surface area contributed by atoms with Crippen LogP contribution in [-0.4, -0.2) is 36.8 Å². The van der Waals surface area contributed by atoms with Gasteiger partial charge in [0.05, 0.1) is 19.8 Å². The molecule has 0 bridgehead atoms. The Morgan fingerprint density at radius 1 is 1.00 bits per heavy atom. The highest BCUT2D eigenvalue weighted by Gasteiger charge is 2.06. The largest absolute Gasteiger partial charge is 0.490 e. The molecule has 0 spiro atoms. The van der Waals surface area contributed by atoms with Crippen molar-refractivity contribution >= 4 is 5.96 Å². The fourth-order valence-electron chi connectivity index (χ4n) is 2.74. The Morgan fingerprint density at radius 3 is 2.44 bits per heavy atom. The predicted molar refractivity (Wildman–Crippen MR) is 111 cm³/mol. The van der Waals surface area contributed by atoms with Crippen molar-refractivity contribution in [3.63, 3.8) is 0 Å². The van der Waals surface area contributed by atoms with E-state index in [4.69, 9.17) is 9.47 Å². The summed E-state index contributed by atoms with van der Waals surface area (Å²) in [6.45, 7) is 9.57. The van der Waals surface area contributed by atoms with Gasteiger partial charge < -0.3 is 24.7 Å². The van der Waals surface area contributed by atoms with Gasteiger partial charge in [0.25, 0.3) is 0 Å². The minimum atomic E-state index is 0.624. The number of nitrogens with one attached hydrogen (secondary N) is 2.